The molecular weight excluding hydrogens is 350 g/mol. The summed E-state index contributed by atoms with van der Waals surface area (Å²) in [5, 5.41) is 3.07. The fraction of sp³-hybridized carbons (Fsp3) is 0.211. The van der Waals surface area contributed by atoms with Gasteiger partial charge in [0, 0.05) is 17.9 Å². The summed E-state index contributed by atoms with van der Waals surface area (Å²) >= 11 is 1.23. The molecule has 2 aromatic rings. The highest BCUT2D eigenvalue weighted by atomic mass is 32.2. The van der Waals surface area contributed by atoms with E-state index >= 15 is 0 Å². The van der Waals surface area contributed by atoms with E-state index in [1.54, 1.807) is 6.08 Å². The summed E-state index contributed by atoms with van der Waals surface area (Å²) in [6, 6.07) is 7.35. The number of terminal acetylenes is 1. The summed E-state index contributed by atoms with van der Waals surface area (Å²) in [4.78, 5) is 32.0. The molecule has 2 heterocycles. The molecule has 1 aliphatic rings. The molecule has 1 aromatic heterocycles. The van der Waals surface area contributed by atoms with Crippen molar-refractivity contribution in [1.29, 1.82) is 0 Å². The lowest BCUT2D eigenvalue weighted by Gasteiger charge is -2.25. The molecule has 0 saturated heterocycles. The number of fused-ring (bicyclic) bond motifs is 1. The predicted octanol–water partition coefficient (Wildman–Crippen LogP) is 2.53. The summed E-state index contributed by atoms with van der Waals surface area (Å²) in [5.41, 5.74) is 0.893. The van der Waals surface area contributed by atoms with Gasteiger partial charge in [-0.3, -0.25) is 9.59 Å². The third-order valence-corrected chi connectivity index (χ3v) is 4.65. The Morgan fingerprint density at radius 3 is 3.00 bits per heavy atom. The Bertz CT molecular complexity index is 946. The second-order valence-corrected chi connectivity index (χ2v) is 6.53. The Morgan fingerprint density at radius 1 is 1.42 bits per heavy atom. The average Bonchev–Trinajstić information content (AvgIpc) is 2.64. The summed E-state index contributed by atoms with van der Waals surface area (Å²) in [6.07, 6.45) is 7.03. The highest BCUT2D eigenvalue weighted by molar-refractivity contribution is 7.99. The first-order chi connectivity index (χ1) is 12.6. The molecule has 26 heavy (non-hydrogen) atoms. The molecule has 6 nitrogen and oxygen atoms in total. The zero-order valence-corrected chi connectivity index (χ0v) is 14.8. The standard InChI is InChI=1S/C19H17N3O3S/c1-3-9-25-14-8-6-5-7-12(14)13-11-15(23)20-17-16(13)18(24)22-19(21-17)26-10-4-2/h2-3,5-8,13H,1,9-11H2,(H2,20,21,22,23,24)/t13-/m1/s1. The number of hydrogen-bond donors (Lipinski definition) is 2. The number of nitrogens with one attached hydrogen (secondary N) is 2. The van der Waals surface area contributed by atoms with E-state index in [9.17, 15) is 9.59 Å². The summed E-state index contributed by atoms with van der Waals surface area (Å²) in [7, 11) is 0. The topological polar surface area (TPSA) is 84.1 Å². The Kier molecular flexibility index (Phi) is 5.44. The number of hydrogen-bond acceptors (Lipinski definition) is 5. The third-order valence-electron chi connectivity index (χ3n) is 3.87. The molecule has 0 spiro atoms. The van der Waals surface area contributed by atoms with E-state index in [2.05, 4.69) is 27.8 Å². The van der Waals surface area contributed by atoms with Crippen LogP contribution in [-0.2, 0) is 4.79 Å². The van der Waals surface area contributed by atoms with Crippen LogP contribution < -0.4 is 15.6 Å². The molecule has 0 saturated carbocycles. The minimum Gasteiger partial charge on any atom is -0.489 e. The quantitative estimate of drug-likeness (QED) is 0.355. The number of thioether (sulfide) groups is 1. The van der Waals surface area contributed by atoms with Crippen LogP contribution in [0.3, 0.4) is 0 Å². The lowest BCUT2D eigenvalue weighted by atomic mass is 9.86. The largest absolute Gasteiger partial charge is 0.489 e. The molecule has 1 aliphatic heterocycles. The zero-order valence-electron chi connectivity index (χ0n) is 14.0. The van der Waals surface area contributed by atoms with E-state index in [-0.39, 0.29) is 23.7 Å². The Morgan fingerprint density at radius 2 is 2.23 bits per heavy atom. The lowest BCUT2D eigenvalue weighted by Crippen LogP contribution is -2.31. The van der Waals surface area contributed by atoms with Gasteiger partial charge in [-0.1, -0.05) is 48.5 Å². The van der Waals surface area contributed by atoms with Crippen molar-refractivity contribution >= 4 is 23.5 Å². The number of nitrogens with zero attached hydrogens (tertiary/aromatic N) is 1. The predicted molar refractivity (Wildman–Crippen MR) is 102 cm³/mol. The zero-order chi connectivity index (χ0) is 18.5. The maximum Gasteiger partial charge on any atom is 0.257 e. The number of carbonyl (C=O) groups is 1. The number of aromatic amines is 1. The minimum absolute atomic E-state index is 0.142. The number of H-pyrrole nitrogens is 1. The average molecular weight is 367 g/mol. The van der Waals surface area contributed by atoms with Gasteiger partial charge in [0.25, 0.3) is 5.56 Å². The molecule has 1 atom stereocenters. The number of aromatic nitrogens is 2. The van der Waals surface area contributed by atoms with Gasteiger partial charge in [0.1, 0.15) is 18.2 Å². The van der Waals surface area contributed by atoms with Crippen LogP contribution in [0.25, 0.3) is 0 Å². The molecule has 0 fully saturated rings. The number of amides is 1. The molecular formula is C19H17N3O3S. The van der Waals surface area contributed by atoms with Crippen LogP contribution in [0.2, 0.25) is 0 Å². The Balaban J connectivity index is 2.07. The van der Waals surface area contributed by atoms with E-state index in [0.717, 1.165) is 5.56 Å². The molecule has 0 radical (unpaired) electrons. The number of anilines is 1. The van der Waals surface area contributed by atoms with Crippen molar-refractivity contribution in [2.24, 2.45) is 0 Å². The second-order valence-electron chi connectivity index (χ2n) is 5.57. The van der Waals surface area contributed by atoms with Crippen molar-refractivity contribution in [3.8, 4) is 18.1 Å². The second kappa shape index (κ2) is 7.93. The van der Waals surface area contributed by atoms with E-state index < -0.39 is 5.92 Å². The van der Waals surface area contributed by atoms with Crippen molar-refractivity contribution in [1.82, 2.24) is 9.97 Å². The van der Waals surface area contributed by atoms with E-state index in [1.807, 2.05) is 24.3 Å². The normalized spacial score (nSPS) is 15.5. The van der Waals surface area contributed by atoms with Crippen LogP contribution in [-0.4, -0.2) is 28.2 Å². The molecule has 3 rings (SSSR count). The van der Waals surface area contributed by atoms with Gasteiger partial charge in [0.05, 0.1) is 11.3 Å². The minimum atomic E-state index is -0.442. The summed E-state index contributed by atoms with van der Waals surface area (Å²) in [5.74, 6) is 3.09. The fourth-order valence-corrected chi connectivity index (χ4v) is 3.38. The monoisotopic (exact) mass is 367 g/mol. The van der Waals surface area contributed by atoms with E-state index in [0.29, 0.717) is 28.8 Å². The molecule has 7 heteroatoms. The number of ether oxygens (including phenoxy) is 1. The number of rotatable bonds is 6. The molecule has 1 aromatic carbocycles. The Hall–Kier alpha value is -2.98. The molecule has 1 amide bonds. The number of para-hydroxylation sites is 1. The smallest absolute Gasteiger partial charge is 0.257 e. The van der Waals surface area contributed by atoms with Gasteiger partial charge in [-0.15, -0.1) is 6.42 Å². The lowest BCUT2D eigenvalue weighted by molar-refractivity contribution is -0.116. The highest BCUT2D eigenvalue weighted by Crippen LogP contribution is 2.38. The maximum absolute atomic E-state index is 12.7. The van der Waals surface area contributed by atoms with E-state index in [1.165, 1.54) is 11.8 Å². The van der Waals surface area contributed by atoms with Crippen LogP contribution in [0.15, 0.2) is 46.9 Å². The van der Waals surface area contributed by atoms with Crippen molar-refractivity contribution in [3.63, 3.8) is 0 Å². The van der Waals surface area contributed by atoms with Crippen molar-refractivity contribution in [3.05, 3.63) is 58.4 Å². The molecule has 2 N–H and O–H groups in total. The van der Waals surface area contributed by atoms with Gasteiger partial charge in [-0.25, -0.2) is 4.98 Å². The van der Waals surface area contributed by atoms with Crippen molar-refractivity contribution < 1.29 is 9.53 Å². The van der Waals surface area contributed by atoms with Gasteiger partial charge in [-0.05, 0) is 6.07 Å². The highest BCUT2D eigenvalue weighted by Gasteiger charge is 2.32. The SMILES string of the molecule is C#CCSc1nc2c(c(=O)[nH]1)[C@@H](c1ccccc1OCC=C)CC(=O)N2. The number of benzene rings is 1. The molecule has 0 unspecified atom stereocenters. The third kappa shape index (κ3) is 3.65. The van der Waals surface area contributed by atoms with Crippen molar-refractivity contribution in [2.75, 3.05) is 17.7 Å². The van der Waals surface area contributed by atoms with Gasteiger partial charge < -0.3 is 15.0 Å². The van der Waals surface area contributed by atoms with Gasteiger partial charge in [0.15, 0.2) is 5.16 Å². The first-order valence-corrected chi connectivity index (χ1v) is 8.95. The first-order valence-electron chi connectivity index (χ1n) is 7.97. The molecule has 132 valence electrons. The molecule has 0 bridgehead atoms. The fourth-order valence-electron chi connectivity index (χ4n) is 2.84. The molecule has 0 aliphatic carbocycles. The van der Waals surface area contributed by atoms with Gasteiger partial charge >= 0.3 is 0 Å². The van der Waals surface area contributed by atoms with Crippen LogP contribution in [0, 0.1) is 12.3 Å². The van der Waals surface area contributed by atoms with Crippen LogP contribution in [0.4, 0.5) is 5.82 Å². The van der Waals surface area contributed by atoms with Gasteiger partial charge in [-0.2, -0.15) is 0 Å². The van der Waals surface area contributed by atoms with Gasteiger partial charge in [0.2, 0.25) is 5.91 Å². The van der Waals surface area contributed by atoms with Crippen LogP contribution in [0.1, 0.15) is 23.5 Å². The summed E-state index contributed by atoms with van der Waals surface area (Å²) < 4.78 is 5.70. The number of carbonyl (C=O) groups excluding carboxylic acids is 1. The first kappa shape index (κ1) is 17.8. The summed E-state index contributed by atoms with van der Waals surface area (Å²) in [6.45, 7) is 3.98. The van der Waals surface area contributed by atoms with Crippen LogP contribution in [0.5, 0.6) is 5.75 Å². The van der Waals surface area contributed by atoms with Crippen LogP contribution >= 0.6 is 11.8 Å². The Labute approximate surface area is 155 Å². The van der Waals surface area contributed by atoms with E-state index in [4.69, 9.17) is 11.2 Å². The maximum atomic E-state index is 12.7. The van der Waals surface area contributed by atoms with Crippen molar-refractivity contribution in [2.45, 2.75) is 17.5 Å².